The lowest BCUT2D eigenvalue weighted by atomic mass is 10.1. The number of aryl methyl sites for hydroxylation is 1. The number of carbonyl (C=O) groups is 1. The number of thioether (sulfide) groups is 2. The van der Waals surface area contributed by atoms with E-state index in [0.717, 1.165) is 16.9 Å². The molecule has 0 bridgehead atoms. The number of nitrogens with zero attached hydrogens (tertiary/aromatic N) is 1. The van der Waals surface area contributed by atoms with Gasteiger partial charge in [0, 0.05) is 34.2 Å². The van der Waals surface area contributed by atoms with E-state index in [-0.39, 0.29) is 11.0 Å². The van der Waals surface area contributed by atoms with Crippen LogP contribution in [0.15, 0.2) is 18.5 Å². The van der Waals surface area contributed by atoms with E-state index < -0.39 is 0 Å². The fraction of sp³-hybridized carbons (Fsp3) is 0.538. The summed E-state index contributed by atoms with van der Waals surface area (Å²) in [4.78, 5) is 16.5. The van der Waals surface area contributed by atoms with E-state index >= 15 is 0 Å². The van der Waals surface area contributed by atoms with Gasteiger partial charge in [-0.3, -0.25) is 9.78 Å². The molecule has 1 saturated heterocycles. The smallest absolute Gasteiger partial charge is 0.178 e. The van der Waals surface area contributed by atoms with Crippen molar-refractivity contribution in [3.05, 3.63) is 29.6 Å². The molecule has 1 aliphatic rings. The molecule has 0 spiro atoms. The minimum absolute atomic E-state index is 0.0918. The molecule has 3 atom stereocenters. The first kappa shape index (κ1) is 13.0. The predicted molar refractivity (Wildman–Crippen MR) is 76.1 cm³/mol. The zero-order valence-electron chi connectivity index (χ0n) is 10.3. The van der Waals surface area contributed by atoms with Crippen molar-refractivity contribution < 1.29 is 4.79 Å². The van der Waals surface area contributed by atoms with Crippen LogP contribution >= 0.6 is 23.5 Å². The van der Waals surface area contributed by atoms with Crippen LogP contribution in [0.25, 0.3) is 0 Å². The molecule has 0 aromatic carbocycles. The summed E-state index contributed by atoms with van der Waals surface area (Å²) in [6.07, 6.45) is 3.44. The van der Waals surface area contributed by atoms with Crippen molar-refractivity contribution in [3.8, 4) is 0 Å². The fourth-order valence-electron chi connectivity index (χ4n) is 1.82. The molecule has 3 unspecified atom stereocenters. The maximum atomic E-state index is 12.4. The van der Waals surface area contributed by atoms with Crippen molar-refractivity contribution in [2.24, 2.45) is 0 Å². The second-order valence-electron chi connectivity index (χ2n) is 4.42. The van der Waals surface area contributed by atoms with Gasteiger partial charge in [-0.1, -0.05) is 13.8 Å². The van der Waals surface area contributed by atoms with Gasteiger partial charge in [-0.25, -0.2) is 0 Å². The van der Waals surface area contributed by atoms with Crippen LogP contribution in [-0.2, 0) is 0 Å². The predicted octanol–water partition coefficient (Wildman–Crippen LogP) is 3.20. The largest absolute Gasteiger partial charge is 0.293 e. The molecule has 2 nitrogen and oxygen atoms in total. The van der Waals surface area contributed by atoms with E-state index in [2.05, 4.69) is 18.8 Å². The summed E-state index contributed by atoms with van der Waals surface area (Å²) in [5, 5.41) is 1.27. The maximum absolute atomic E-state index is 12.4. The molecule has 2 heterocycles. The molecule has 1 aromatic rings. The second kappa shape index (κ2) is 5.44. The third kappa shape index (κ3) is 2.86. The number of carbonyl (C=O) groups excluding carboxylic acids is 1. The molecular formula is C13H17NOS2. The number of ketones is 1. The SMILES string of the molecule is Cc1ccncc1C(=O)C1CSC(C)C(C)S1. The number of pyridine rings is 1. The van der Waals surface area contributed by atoms with Crippen LogP contribution in [0.4, 0.5) is 0 Å². The molecule has 0 saturated carbocycles. The minimum Gasteiger partial charge on any atom is -0.293 e. The standard InChI is InChI=1S/C13H17NOS2/c1-8-4-5-14-6-11(8)13(15)12-7-16-9(2)10(3)17-12/h4-6,9-10,12H,7H2,1-3H3. The lowest BCUT2D eigenvalue weighted by Gasteiger charge is -2.30. The van der Waals surface area contributed by atoms with Crippen molar-refractivity contribution in [2.75, 3.05) is 5.75 Å². The fourth-order valence-corrected chi connectivity index (χ4v) is 4.69. The monoisotopic (exact) mass is 267 g/mol. The Balaban J connectivity index is 2.14. The summed E-state index contributed by atoms with van der Waals surface area (Å²) in [6.45, 7) is 6.41. The van der Waals surface area contributed by atoms with Crippen LogP contribution < -0.4 is 0 Å². The highest BCUT2D eigenvalue weighted by atomic mass is 32.2. The molecule has 1 fully saturated rings. The first-order chi connectivity index (χ1) is 8.09. The molecule has 4 heteroatoms. The van der Waals surface area contributed by atoms with Gasteiger partial charge < -0.3 is 0 Å². The third-order valence-corrected chi connectivity index (χ3v) is 6.54. The zero-order valence-corrected chi connectivity index (χ0v) is 12.0. The van der Waals surface area contributed by atoms with Crippen LogP contribution in [0.3, 0.4) is 0 Å². The van der Waals surface area contributed by atoms with Gasteiger partial charge in [0.25, 0.3) is 0 Å². The van der Waals surface area contributed by atoms with E-state index in [1.54, 1.807) is 12.4 Å². The Bertz CT molecular complexity index is 422. The van der Waals surface area contributed by atoms with Gasteiger partial charge >= 0.3 is 0 Å². The Morgan fingerprint density at radius 3 is 2.82 bits per heavy atom. The second-order valence-corrected chi connectivity index (χ2v) is 7.42. The summed E-state index contributed by atoms with van der Waals surface area (Å²) in [5.41, 5.74) is 1.81. The third-order valence-electron chi connectivity index (χ3n) is 3.15. The Morgan fingerprint density at radius 1 is 1.41 bits per heavy atom. The molecule has 0 amide bonds. The maximum Gasteiger partial charge on any atom is 0.178 e. The molecule has 1 aromatic heterocycles. The molecule has 17 heavy (non-hydrogen) atoms. The Morgan fingerprint density at radius 2 is 2.18 bits per heavy atom. The molecule has 0 aliphatic carbocycles. The van der Waals surface area contributed by atoms with Gasteiger partial charge in [0.15, 0.2) is 5.78 Å². The average Bonchev–Trinajstić information content (AvgIpc) is 2.32. The van der Waals surface area contributed by atoms with Crippen LogP contribution in [0.2, 0.25) is 0 Å². The summed E-state index contributed by atoms with van der Waals surface area (Å²) >= 11 is 3.71. The van der Waals surface area contributed by atoms with Crippen molar-refractivity contribution in [1.82, 2.24) is 4.98 Å². The van der Waals surface area contributed by atoms with Gasteiger partial charge in [0.1, 0.15) is 0 Å². The lowest BCUT2D eigenvalue weighted by molar-refractivity contribution is 0.0994. The van der Waals surface area contributed by atoms with Crippen molar-refractivity contribution in [2.45, 2.75) is 36.5 Å². The van der Waals surface area contributed by atoms with E-state index in [0.29, 0.717) is 10.5 Å². The molecule has 92 valence electrons. The zero-order chi connectivity index (χ0) is 12.4. The first-order valence-electron chi connectivity index (χ1n) is 5.81. The van der Waals surface area contributed by atoms with Gasteiger partial charge in [-0.2, -0.15) is 11.8 Å². The average molecular weight is 267 g/mol. The normalized spacial score (nSPS) is 29.0. The molecule has 0 radical (unpaired) electrons. The van der Waals surface area contributed by atoms with Crippen molar-refractivity contribution in [3.63, 3.8) is 0 Å². The summed E-state index contributed by atoms with van der Waals surface area (Å²) in [7, 11) is 0. The van der Waals surface area contributed by atoms with Gasteiger partial charge in [0.05, 0.1) is 5.25 Å². The summed E-state index contributed by atoms with van der Waals surface area (Å²) in [6, 6.07) is 1.90. The molecule has 2 rings (SSSR count). The number of hydrogen-bond donors (Lipinski definition) is 0. The number of hydrogen-bond acceptors (Lipinski definition) is 4. The quantitative estimate of drug-likeness (QED) is 0.770. The highest BCUT2D eigenvalue weighted by Gasteiger charge is 2.31. The summed E-state index contributed by atoms with van der Waals surface area (Å²) in [5.74, 6) is 1.16. The topological polar surface area (TPSA) is 30.0 Å². The van der Waals surface area contributed by atoms with E-state index in [1.165, 1.54) is 0 Å². The number of aromatic nitrogens is 1. The molecular weight excluding hydrogens is 250 g/mol. The van der Waals surface area contributed by atoms with Gasteiger partial charge in [0.2, 0.25) is 0 Å². The number of rotatable bonds is 2. The van der Waals surface area contributed by atoms with Crippen LogP contribution in [0.1, 0.15) is 29.8 Å². The highest BCUT2D eigenvalue weighted by molar-refractivity contribution is 8.08. The highest BCUT2D eigenvalue weighted by Crippen LogP contribution is 2.37. The first-order valence-corrected chi connectivity index (χ1v) is 7.80. The van der Waals surface area contributed by atoms with Crippen molar-refractivity contribution >= 4 is 29.3 Å². The Labute approximate surface area is 111 Å². The Kier molecular flexibility index (Phi) is 4.15. The summed E-state index contributed by atoms with van der Waals surface area (Å²) < 4.78 is 0. The van der Waals surface area contributed by atoms with Crippen molar-refractivity contribution in [1.29, 1.82) is 0 Å². The van der Waals surface area contributed by atoms with E-state index in [4.69, 9.17) is 0 Å². The van der Waals surface area contributed by atoms with Crippen LogP contribution in [0, 0.1) is 6.92 Å². The number of Topliss-reactive ketones (excluding diaryl/α,β-unsaturated/α-hetero) is 1. The Hall–Kier alpha value is -0.480. The minimum atomic E-state index is 0.0918. The van der Waals surface area contributed by atoms with E-state index in [1.807, 2.05) is 36.5 Å². The van der Waals surface area contributed by atoms with Gasteiger partial charge in [-0.15, -0.1) is 11.8 Å². The van der Waals surface area contributed by atoms with Crippen LogP contribution in [-0.4, -0.2) is 32.3 Å². The lowest BCUT2D eigenvalue weighted by Crippen LogP contribution is -2.32. The molecule has 1 aliphatic heterocycles. The molecule has 0 N–H and O–H groups in total. The van der Waals surface area contributed by atoms with Gasteiger partial charge in [-0.05, 0) is 18.6 Å². The van der Waals surface area contributed by atoms with E-state index in [9.17, 15) is 4.79 Å². The van der Waals surface area contributed by atoms with Crippen LogP contribution in [0.5, 0.6) is 0 Å².